The first-order valence-corrected chi connectivity index (χ1v) is 44.6. The Morgan fingerprint density at radius 3 is 0.800 bits per heavy atom. The highest BCUT2D eigenvalue weighted by atomic mass is 16.7. The summed E-state index contributed by atoms with van der Waals surface area (Å²) >= 11 is 0. The summed E-state index contributed by atoms with van der Waals surface area (Å²) in [7, 11) is 5.96. The number of unbranched alkanes of at least 4 members (excludes halogenated alkanes) is 64. The monoisotopic (exact) mass is 1410 g/mol. The molecule has 0 aliphatic rings. The van der Waals surface area contributed by atoms with Crippen molar-refractivity contribution in [3.05, 3.63) is 36.5 Å². The number of ether oxygens (including phenoxy) is 4. The zero-order chi connectivity index (χ0) is 72.5. The van der Waals surface area contributed by atoms with Gasteiger partial charge in [0.05, 0.1) is 40.3 Å². The maximum absolute atomic E-state index is 13.0. The van der Waals surface area contributed by atoms with Crippen LogP contribution in [0.25, 0.3) is 0 Å². The highest BCUT2D eigenvalue weighted by Gasteiger charge is 2.22. The highest BCUT2D eigenvalue weighted by Crippen LogP contribution is 2.21. The third-order valence-corrected chi connectivity index (χ3v) is 20.6. The summed E-state index contributed by atoms with van der Waals surface area (Å²) in [5, 5.41) is 11.9. The van der Waals surface area contributed by atoms with Crippen LogP contribution >= 0.6 is 0 Å². The number of carboxylic acid groups (broad SMARTS) is 1. The van der Waals surface area contributed by atoms with E-state index in [1.54, 1.807) is 0 Å². The van der Waals surface area contributed by atoms with Gasteiger partial charge in [0.15, 0.2) is 12.4 Å². The summed E-state index contributed by atoms with van der Waals surface area (Å²) in [6, 6.07) is 0. The molecule has 2 unspecified atom stereocenters. The van der Waals surface area contributed by atoms with Gasteiger partial charge in [-0.15, -0.1) is 0 Å². The lowest BCUT2D eigenvalue weighted by Gasteiger charge is -2.26. The fourth-order valence-corrected chi connectivity index (χ4v) is 13.8. The third kappa shape index (κ3) is 82.8. The van der Waals surface area contributed by atoms with Crippen LogP contribution in [0.2, 0.25) is 0 Å². The van der Waals surface area contributed by atoms with Crippen LogP contribution in [0.4, 0.5) is 0 Å². The Hall–Kier alpha value is -2.49. The first-order chi connectivity index (χ1) is 49.1. The number of carboxylic acids is 1. The van der Waals surface area contributed by atoms with Crippen molar-refractivity contribution in [1.29, 1.82) is 0 Å². The SMILES string of the molecule is CCCCCCC/C=C\C/C=C\C/C=C\CCCCCCCCCCCCCCCCCCCCCCCCCCC(=O)OC(COC(=O)CCCCCCCCCCCCCCCCCCCCCCCCCCCCCCCCCCCCCC)COC(OCC[N+](C)(C)C)C(=O)[O-]. The highest BCUT2D eigenvalue weighted by molar-refractivity contribution is 5.70. The van der Waals surface area contributed by atoms with E-state index in [9.17, 15) is 19.5 Å². The molecule has 0 amide bonds. The smallest absolute Gasteiger partial charge is 0.306 e. The average molecular weight is 1410 g/mol. The molecule has 0 aliphatic heterocycles. The van der Waals surface area contributed by atoms with Crippen LogP contribution in [0, 0.1) is 0 Å². The number of hydrogen-bond acceptors (Lipinski definition) is 8. The number of aliphatic carboxylic acids is 1. The molecule has 0 spiro atoms. The maximum Gasteiger partial charge on any atom is 0.306 e. The predicted molar refractivity (Wildman–Crippen MR) is 431 cm³/mol. The van der Waals surface area contributed by atoms with Crippen molar-refractivity contribution in [3.63, 3.8) is 0 Å². The van der Waals surface area contributed by atoms with E-state index in [4.69, 9.17) is 18.9 Å². The summed E-state index contributed by atoms with van der Waals surface area (Å²) in [6.45, 7) is 4.83. The number of allylic oxidation sites excluding steroid dienone is 6. The van der Waals surface area contributed by atoms with Gasteiger partial charge in [-0.3, -0.25) is 9.59 Å². The number of carbonyl (C=O) groups excluding carboxylic acids is 3. The van der Waals surface area contributed by atoms with Crippen LogP contribution in [-0.4, -0.2) is 82.3 Å². The van der Waals surface area contributed by atoms with E-state index >= 15 is 0 Å². The number of nitrogens with zero attached hydrogens (tertiary/aromatic N) is 1. The molecule has 2 atom stereocenters. The number of rotatable bonds is 85. The molecule has 0 bridgehead atoms. The second-order valence-electron chi connectivity index (χ2n) is 31.9. The summed E-state index contributed by atoms with van der Waals surface area (Å²) in [4.78, 5) is 37.7. The van der Waals surface area contributed by atoms with Crippen molar-refractivity contribution >= 4 is 17.9 Å². The Balaban J connectivity index is 3.90. The molecule has 0 aromatic carbocycles. The van der Waals surface area contributed by atoms with Gasteiger partial charge >= 0.3 is 11.9 Å². The number of likely N-dealkylation sites (N-methyl/N-ethyl adjacent to an activating group) is 1. The van der Waals surface area contributed by atoms with E-state index in [-0.39, 0.29) is 32.2 Å². The van der Waals surface area contributed by atoms with Crippen LogP contribution in [0.5, 0.6) is 0 Å². The fourth-order valence-electron chi connectivity index (χ4n) is 13.8. The van der Waals surface area contributed by atoms with Gasteiger partial charge in [0, 0.05) is 12.8 Å². The van der Waals surface area contributed by atoms with Gasteiger partial charge in [-0.1, -0.05) is 442 Å². The Morgan fingerprint density at radius 2 is 0.540 bits per heavy atom. The van der Waals surface area contributed by atoms with E-state index in [1.165, 1.54) is 392 Å². The number of esters is 2. The van der Waals surface area contributed by atoms with Crippen molar-refractivity contribution in [3.8, 4) is 0 Å². The molecule has 0 aliphatic carbocycles. The van der Waals surface area contributed by atoms with Gasteiger partial charge in [-0.2, -0.15) is 0 Å². The molecule has 0 fully saturated rings. The van der Waals surface area contributed by atoms with Crippen LogP contribution in [0.15, 0.2) is 36.5 Å². The average Bonchev–Trinajstić information content (AvgIpc) is 1.08. The Kier molecular flexibility index (Phi) is 80.1. The molecule has 100 heavy (non-hydrogen) atoms. The number of carbonyl (C=O) groups is 3. The molecular weight excluding hydrogens is 1230 g/mol. The standard InChI is InChI=1S/C91H173NO8/c1-6-8-10-12-14-16-18-20-22-24-26-28-30-32-34-36-38-40-42-44-45-46-48-50-52-54-56-58-60-62-64-66-68-70-72-74-76-78-80-82-89(94)100-87(86-99-91(90(95)96)97-84-83-92(3,4)5)85-98-88(93)81-79-77-75-73-71-69-67-65-63-61-59-57-55-53-51-49-47-43-41-39-37-35-33-31-29-27-25-23-21-19-17-15-13-11-9-7-2/h18,20,24,26,30,32,87,91H,6-17,19,21-23,25,27-29,31,33-86H2,1-5H3/b20-18-,26-24-,32-30-. The van der Waals surface area contributed by atoms with Crippen molar-refractivity contribution in [2.24, 2.45) is 0 Å². The second-order valence-corrected chi connectivity index (χ2v) is 31.9. The Morgan fingerprint density at radius 1 is 0.300 bits per heavy atom. The summed E-state index contributed by atoms with van der Waals surface area (Å²) in [6.07, 6.45) is 105. The van der Waals surface area contributed by atoms with Gasteiger partial charge in [-0.25, -0.2) is 0 Å². The Bertz CT molecular complexity index is 1740. The minimum Gasteiger partial charge on any atom is -0.545 e. The van der Waals surface area contributed by atoms with Gasteiger partial charge in [-0.05, 0) is 51.4 Å². The first-order valence-electron chi connectivity index (χ1n) is 44.6. The van der Waals surface area contributed by atoms with Crippen molar-refractivity contribution in [2.75, 3.05) is 47.5 Å². The molecule has 0 saturated heterocycles. The topological polar surface area (TPSA) is 111 Å². The quantitative estimate of drug-likeness (QED) is 0.0195. The van der Waals surface area contributed by atoms with Gasteiger partial charge in [0.25, 0.3) is 0 Å². The summed E-state index contributed by atoms with van der Waals surface area (Å²) in [5.74, 6) is -2.24. The van der Waals surface area contributed by atoms with Crippen LogP contribution < -0.4 is 5.11 Å². The van der Waals surface area contributed by atoms with Crippen LogP contribution in [0.1, 0.15) is 470 Å². The molecule has 0 aromatic heterocycles. The first kappa shape index (κ1) is 97.5. The van der Waals surface area contributed by atoms with E-state index in [0.717, 1.165) is 51.4 Å². The van der Waals surface area contributed by atoms with E-state index in [1.807, 2.05) is 21.1 Å². The molecule has 590 valence electrons. The molecule has 0 saturated carbocycles. The lowest BCUT2D eigenvalue weighted by Crippen LogP contribution is -2.44. The minimum atomic E-state index is -1.62. The summed E-state index contributed by atoms with van der Waals surface area (Å²) in [5.41, 5.74) is 0. The lowest BCUT2D eigenvalue weighted by molar-refractivity contribution is -0.870. The van der Waals surface area contributed by atoms with E-state index < -0.39 is 24.3 Å². The van der Waals surface area contributed by atoms with E-state index in [2.05, 4.69) is 50.3 Å². The van der Waals surface area contributed by atoms with Crippen molar-refractivity contribution < 1.29 is 42.9 Å². The number of quaternary nitrogens is 1. The van der Waals surface area contributed by atoms with Gasteiger partial charge in [0.1, 0.15) is 13.2 Å². The van der Waals surface area contributed by atoms with Gasteiger partial charge < -0.3 is 33.3 Å². The molecule has 0 aromatic rings. The molecule has 9 heteroatoms. The largest absolute Gasteiger partial charge is 0.545 e. The predicted octanol–water partition coefficient (Wildman–Crippen LogP) is 27.7. The van der Waals surface area contributed by atoms with Gasteiger partial charge in [0.2, 0.25) is 0 Å². The zero-order valence-electron chi connectivity index (χ0n) is 67.9. The minimum absolute atomic E-state index is 0.152. The lowest BCUT2D eigenvalue weighted by atomic mass is 10.0. The second kappa shape index (κ2) is 82.2. The third-order valence-electron chi connectivity index (χ3n) is 20.6. The molecule has 0 rings (SSSR count). The maximum atomic E-state index is 13.0. The zero-order valence-corrected chi connectivity index (χ0v) is 67.9. The normalized spacial score (nSPS) is 12.7. The fraction of sp³-hybridized carbons (Fsp3) is 0.901. The van der Waals surface area contributed by atoms with Crippen LogP contribution in [0.3, 0.4) is 0 Å². The van der Waals surface area contributed by atoms with Crippen molar-refractivity contribution in [2.45, 2.75) is 482 Å². The van der Waals surface area contributed by atoms with Crippen molar-refractivity contribution in [1.82, 2.24) is 0 Å². The van der Waals surface area contributed by atoms with E-state index in [0.29, 0.717) is 17.4 Å². The summed E-state index contributed by atoms with van der Waals surface area (Å²) < 4.78 is 22.9. The number of hydrogen-bond donors (Lipinski definition) is 0. The Labute approximate surface area is 623 Å². The van der Waals surface area contributed by atoms with Crippen LogP contribution in [-0.2, 0) is 33.3 Å². The molecule has 0 N–H and O–H groups in total. The molecule has 9 nitrogen and oxygen atoms in total. The molecule has 0 heterocycles. The molecular formula is C91H173NO8. The molecule has 0 radical (unpaired) electrons.